The first kappa shape index (κ1) is 19.0. The van der Waals surface area contributed by atoms with Crippen molar-refractivity contribution in [1.82, 2.24) is 25.2 Å². The number of ether oxygens (including phenoxy) is 1. The number of carbonyl (C=O) groups is 2. The number of nitrogens with one attached hydrogen (secondary N) is 1. The van der Waals surface area contributed by atoms with Crippen molar-refractivity contribution in [3.05, 3.63) is 71.1 Å². The van der Waals surface area contributed by atoms with Crippen LogP contribution in [0.5, 0.6) is 0 Å². The van der Waals surface area contributed by atoms with Gasteiger partial charge in [0.1, 0.15) is 11.5 Å². The maximum atomic E-state index is 13.5. The fourth-order valence-electron chi connectivity index (χ4n) is 2.53. The van der Waals surface area contributed by atoms with Crippen molar-refractivity contribution in [2.45, 2.75) is 13.5 Å². The summed E-state index contributed by atoms with van der Waals surface area (Å²) in [5, 5.41) is 22.5. The van der Waals surface area contributed by atoms with Gasteiger partial charge in [0.2, 0.25) is 5.82 Å². The molecule has 0 amide bonds. The van der Waals surface area contributed by atoms with E-state index in [9.17, 15) is 19.1 Å². The van der Waals surface area contributed by atoms with Gasteiger partial charge >= 0.3 is 5.97 Å². The fourth-order valence-corrected chi connectivity index (χ4v) is 2.53. The Balaban J connectivity index is 1.93. The number of aromatic nitrogens is 5. The zero-order chi connectivity index (χ0) is 20.1. The third kappa shape index (κ3) is 4.29. The number of H-pyrrole nitrogens is 1. The van der Waals surface area contributed by atoms with Crippen LogP contribution in [-0.4, -0.2) is 48.7 Å². The van der Waals surface area contributed by atoms with E-state index in [1.54, 1.807) is 19.1 Å². The second-order valence-electron chi connectivity index (χ2n) is 5.72. The molecule has 0 aliphatic rings. The molecular formula is C18H16FN5O4. The smallest absolute Gasteiger partial charge is 0.354 e. The predicted molar refractivity (Wildman–Crippen MR) is 95.0 cm³/mol. The molecule has 3 rings (SSSR count). The molecule has 0 atom stereocenters. The van der Waals surface area contributed by atoms with Crippen LogP contribution < -0.4 is 0 Å². The summed E-state index contributed by atoms with van der Waals surface area (Å²) < 4.78 is 20.0. The lowest BCUT2D eigenvalue weighted by Gasteiger charge is -2.08. The average molecular weight is 385 g/mol. The second kappa shape index (κ2) is 8.25. The Kier molecular flexibility index (Phi) is 5.58. The van der Waals surface area contributed by atoms with Gasteiger partial charge in [0.15, 0.2) is 11.5 Å². The van der Waals surface area contributed by atoms with Crippen LogP contribution in [0.3, 0.4) is 0 Å². The van der Waals surface area contributed by atoms with E-state index in [4.69, 9.17) is 4.74 Å². The Morgan fingerprint density at radius 1 is 1.36 bits per heavy atom. The fraction of sp³-hybridized carbons (Fsp3) is 0.167. The van der Waals surface area contributed by atoms with E-state index in [0.29, 0.717) is 5.56 Å². The number of aliphatic hydroxyl groups excluding tert-OH is 1. The van der Waals surface area contributed by atoms with Gasteiger partial charge in [0, 0.05) is 24.4 Å². The standard InChI is InChI=1S/C18H16FN5O4/c1-2-28-18(27)14-7-12(15(25)8-16(26)17-20-22-23-21-17)10-24(14)9-11-4-3-5-13(19)6-11/h3-8,10,26H,2,9H2,1H3,(H,20,21,22,23). The molecule has 0 radical (unpaired) electrons. The zero-order valence-corrected chi connectivity index (χ0v) is 14.8. The van der Waals surface area contributed by atoms with Gasteiger partial charge in [-0.25, -0.2) is 9.18 Å². The molecule has 10 heteroatoms. The maximum absolute atomic E-state index is 13.5. The summed E-state index contributed by atoms with van der Waals surface area (Å²) in [6, 6.07) is 7.24. The molecule has 0 fully saturated rings. The van der Waals surface area contributed by atoms with E-state index in [1.807, 2.05) is 0 Å². The van der Waals surface area contributed by atoms with Gasteiger partial charge in [-0.2, -0.15) is 5.21 Å². The van der Waals surface area contributed by atoms with Crippen molar-refractivity contribution < 1.29 is 23.8 Å². The highest BCUT2D eigenvalue weighted by atomic mass is 19.1. The molecule has 2 heterocycles. The number of benzene rings is 1. The van der Waals surface area contributed by atoms with Crippen molar-refractivity contribution in [1.29, 1.82) is 0 Å². The predicted octanol–water partition coefficient (Wildman–Crippen LogP) is 2.15. The van der Waals surface area contributed by atoms with E-state index in [1.165, 1.54) is 29.0 Å². The zero-order valence-electron chi connectivity index (χ0n) is 14.8. The molecule has 0 saturated heterocycles. The van der Waals surface area contributed by atoms with Crippen molar-refractivity contribution in [3.63, 3.8) is 0 Å². The Hall–Kier alpha value is -3.82. The third-order valence-electron chi connectivity index (χ3n) is 3.75. The average Bonchev–Trinajstić information content (AvgIpc) is 3.32. The number of carbonyl (C=O) groups excluding carboxylic acids is 2. The molecule has 2 N–H and O–H groups in total. The number of aliphatic hydroxyl groups is 1. The number of halogens is 1. The summed E-state index contributed by atoms with van der Waals surface area (Å²) in [6.45, 7) is 1.97. The number of ketones is 1. The summed E-state index contributed by atoms with van der Waals surface area (Å²) >= 11 is 0. The Morgan fingerprint density at radius 3 is 2.86 bits per heavy atom. The van der Waals surface area contributed by atoms with Gasteiger partial charge in [-0.3, -0.25) is 4.79 Å². The minimum absolute atomic E-state index is 0.127. The van der Waals surface area contributed by atoms with Gasteiger partial charge in [-0.15, -0.1) is 10.2 Å². The molecule has 28 heavy (non-hydrogen) atoms. The normalized spacial score (nSPS) is 11.4. The summed E-state index contributed by atoms with van der Waals surface area (Å²) in [7, 11) is 0. The Labute approximate surface area is 158 Å². The monoisotopic (exact) mass is 385 g/mol. The number of esters is 1. The van der Waals surface area contributed by atoms with Crippen LogP contribution in [0.4, 0.5) is 4.39 Å². The molecule has 0 aliphatic heterocycles. The van der Waals surface area contributed by atoms with Crippen molar-refractivity contribution in [2.24, 2.45) is 0 Å². The molecule has 0 unspecified atom stereocenters. The van der Waals surface area contributed by atoms with Gasteiger partial charge in [0.05, 0.1) is 6.61 Å². The number of hydrogen-bond acceptors (Lipinski definition) is 7. The lowest BCUT2D eigenvalue weighted by molar-refractivity contribution is 0.0514. The first-order chi connectivity index (χ1) is 13.5. The first-order valence-corrected chi connectivity index (χ1v) is 8.28. The van der Waals surface area contributed by atoms with Crippen molar-refractivity contribution in [3.8, 4) is 0 Å². The number of tetrazole rings is 1. The van der Waals surface area contributed by atoms with Crippen molar-refractivity contribution >= 4 is 17.5 Å². The van der Waals surface area contributed by atoms with Crippen LogP contribution in [0, 0.1) is 5.82 Å². The number of hydrogen-bond donors (Lipinski definition) is 2. The van der Waals surface area contributed by atoms with E-state index in [2.05, 4.69) is 20.6 Å². The molecule has 1 aromatic carbocycles. The Bertz CT molecular complexity index is 1030. The molecule has 144 valence electrons. The van der Waals surface area contributed by atoms with Crippen molar-refractivity contribution in [2.75, 3.05) is 6.61 Å². The van der Waals surface area contributed by atoms with Gasteiger partial charge in [0.25, 0.3) is 0 Å². The molecule has 0 aliphatic carbocycles. The van der Waals surface area contributed by atoms with E-state index in [-0.39, 0.29) is 30.2 Å². The van der Waals surface area contributed by atoms with Gasteiger partial charge in [-0.1, -0.05) is 12.1 Å². The summed E-state index contributed by atoms with van der Waals surface area (Å²) in [4.78, 5) is 24.7. The SMILES string of the molecule is CCOC(=O)c1cc(C(=O)C=C(O)c2nn[nH]n2)cn1Cc1cccc(F)c1. The number of aromatic amines is 1. The highest BCUT2D eigenvalue weighted by Gasteiger charge is 2.19. The van der Waals surface area contributed by atoms with E-state index >= 15 is 0 Å². The third-order valence-corrected chi connectivity index (χ3v) is 3.75. The molecule has 3 aromatic rings. The molecule has 0 spiro atoms. The first-order valence-electron chi connectivity index (χ1n) is 8.28. The summed E-state index contributed by atoms with van der Waals surface area (Å²) in [5.74, 6) is -2.23. The number of rotatable bonds is 7. The lowest BCUT2D eigenvalue weighted by atomic mass is 10.2. The van der Waals surface area contributed by atoms with Crippen LogP contribution in [0.15, 0.2) is 42.6 Å². The van der Waals surface area contributed by atoms with Crippen LogP contribution >= 0.6 is 0 Å². The highest BCUT2D eigenvalue weighted by Crippen LogP contribution is 2.16. The molecule has 0 bridgehead atoms. The van der Waals surface area contributed by atoms with Crippen LogP contribution in [0.25, 0.3) is 5.76 Å². The summed E-state index contributed by atoms with van der Waals surface area (Å²) in [6.07, 6.45) is 2.35. The van der Waals surface area contributed by atoms with Crippen LogP contribution in [-0.2, 0) is 11.3 Å². The second-order valence-corrected chi connectivity index (χ2v) is 5.72. The van der Waals surface area contributed by atoms with Crippen LogP contribution in [0.2, 0.25) is 0 Å². The van der Waals surface area contributed by atoms with Gasteiger partial charge in [-0.05, 0) is 35.9 Å². The highest BCUT2D eigenvalue weighted by molar-refractivity contribution is 6.08. The van der Waals surface area contributed by atoms with Gasteiger partial charge < -0.3 is 14.4 Å². The largest absolute Gasteiger partial charge is 0.504 e. The van der Waals surface area contributed by atoms with E-state index < -0.39 is 23.3 Å². The summed E-state index contributed by atoms with van der Waals surface area (Å²) in [5.41, 5.74) is 0.863. The molecular weight excluding hydrogens is 369 g/mol. The minimum atomic E-state index is -0.621. The molecule has 9 nitrogen and oxygen atoms in total. The quantitative estimate of drug-likeness (QED) is 0.276. The Morgan fingerprint density at radius 2 is 2.18 bits per heavy atom. The molecule has 0 saturated carbocycles. The minimum Gasteiger partial charge on any atom is -0.504 e. The number of allylic oxidation sites excluding steroid dienone is 1. The van der Waals surface area contributed by atoms with E-state index in [0.717, 1.165) is 6.08 Å². The molecule has 2 aromatic heterocycles. The maximum Gasteiger partial charge on any atom is 0.354 e. The topological polar surface area (TPSA) is 123 Å². The van der Waals surface area contributed by atoms with Crippen LogP contribution in [0.1, 0.15) is 39.2 Å². The lowest BCUT2D eigenvalue weighted by Crippen LogP contribution is -2.12. The number of nitrogens with zero attached hydrogens (tertiary/aromatic N) is 4.